The van der Waals surface area contributed by atoms with E-state index in [4.69, 9.17) is 116 Å². The van der Waals surface area contributed by atoms with Crippen molar-refractivity contribution in [3.63, 3.8) is 0 Å². The molecule has 0 rings (SSSR count). The first kappa shape index (κ1) is 73.1. The van der Waals surface area contributed by atoms with Crippen LogP contribution in [0.4, 0.5) is 0 Å². The number of rotatable bonds is 0. The molecule has 12 radical (unpaired) electrons. The van der Waals surface area contributed by atoms with Crippen molar-refractivity contribution in [2.45, 2.75) is 99.9 Å². The zero-order chi connectivity index (χ0) is 34.2. The molecule has 22 heteroatoms. The van der Waals surface area contributed by atoms with Crippen LogP contribution in [-0.4, -0.2) is 160 Å². The van der Waals surface area contributed by atoms with E-state index in [1.807, 2.05) is 0 Å². The van der Waals surface area contributed by atoms with E-state index in [0.717, 1.165) is 0 Å². The maximum atomic E-state index is 4.92. The van der Waals surface area contributed by atoms with Gasteiger partial charge in [-0.05, 0) is 0 Å². The van der Waals surface area contributed by atoms with Crippen molar-refractivity contribution in [3.8, 4) is 0 Å². The molecule has 0 atom stereocenters. The molecule has 0 aromatic rings. The molecule has 0 bridgehead atoms. The molecule has 0 fully saturated rings. The topological polar surface area (TPSA) is 0 Å². The maximum absolute atomic E-state index is 4.92. The third kappa shape index (κ3) is 994. The molecule has 0 heterocycles. The van der Waals surface area contributed by atoms with E-state index in [0.29, 0.717) is 16.8 Å². The summed E-state index contributed by atoms with van der Waals surface area (Å²) in [4.78, 5) is 0. The van der Waals surface area contributed by atoms with Gasteiger partial charge in [0.15, 0.2) is 0 Å². The van der Waals surface area contributed by atoms with Crippen molar-refractivity contribution in [2.24, 2.45) is 0 Å². The third-order valence-electron chi connectivity index (χ3n) is 0. The van der Waals surface area contributed by atoms with Crippen LogP contribution in [0.15, 0.2) is 0 Å². The molecule has 0 unspecified atom stereocenters. The van der Waals surface area contributed by atoms with E-state index in [9.17, 15) is 0 Å². The van der Waals surface area contributed by atoms with E-state index in [1.54, 1.807) is 0 Å². The Hall–Kier alpha value is 9.53. The summed E-state index contributed by atoms with van der Waals surface area (Å²) in [6.07, 6.45) is 0. The van der Waals surface area contributed by atoms with Crippen molar-refractivity contribution in [3.05, 3.63) is 0 Å². The van der Waals surface area contributed by atoms with E-state index in [-0.39, 0.29) is 0 Å². The second kappa shape index (κ2) is 61.7. The average Bonchev–Trinajstić information content (AvgIpc) is 2.52. The summed E-state index contributed by atoms with van der Waals surface area (Å²) in [6.45, 7) is 26.2. The predicted molar refractivity (Wildman–Crippen MR) is 212 cm³/mol. The fraction of sp³-hybridized carbons (Fsp3) is 1.00. The van der Waals surface area contributed by atoms with Gasteiger partial charge in [0, 0.05) is 0 Å². The van der Waals surface area contributed by atoms with E-state index in [1.165, 1.54) is 0 Å². The first-order valence-corrected chi connectivity index (χ1v) is 52.0. The van der Waals surface area contributed by atoms with Gasteiger partial charge in [0.25, 0.3) is 0 Å². The molecule has 0 saturated heterocycles. The molecule has 0 N–H and O–H groups in total. The molecule has 0 amide bonds. The fourth-order valence-electron chi connectivity index (χ4n) is 0. The van der Waals surface area contributed by atoms with E-state index in [2.05, 4.69) is 150 Å². The van der Waals surface area contributed by atoms with Crippen LogP contribution >= 0.6 is 116 Å². The first-order chi connectivity index (χ1) is 16.5. The van der Waals surface area contributed by atoms with Crippen molar-refractivity contribution in [2.75, 3.05) is 0 Å². The molecule has 38 heavy (non-hydrogen) atoms. The number of halogens is 12. The van der Waals surface area contributed by atoms with Gasteiger partial charge in [-0.15, -0.1) is 0 Å². The molecule has 228 valence electrons. The quantitative estimate of drug-likeness (QED) is 0.212. The number of hydrogen-bond acceptors (Lipinski definition) is 0. The second-order valence-corrected chi connectivity index (χ2v) is 44.7. The molecule has 0 nitrogen and oxygen atoms in total. The van der Waals surface area contributed by atoms with Gasteiger partial charge in [0.1, 0.15) is 0 Å². The van der Waals surface area contributed by atoms with Crippen LogP contribution in [0.1, 0.15) is 83.1 Å². The molecule has 0 aliphatic rings. The van der Waals surface area contributed by atoms with Gasteiger partial charge < -0.3 is 0 Å². The normalized spacial score (nSPS) is 8.74. The Labute approximate surface area is 367 Å². The van der Waals surface area contributed by atoms with Crippen LogP contribution in [0.5, 0.6) is 0 Å². The zero-order valence-electron chi connectivity index (χ0n) is 24.0. The van der Waals surface area contributed by atoms with Crippen molar-refractivity contribution in [1.29, 1.82) is 0 Å². The molecule has 0 aliphatic heterocycles. The van der Waals surface area contributed by atoms with Gasteiger partial charge in [-0.25, -0.2) is 0 Å². The molecular formula is C16H40As4Cl12Ga6-2. The molecule has 0 spiro atoms. The van der Waals surface area contributed by atoms with Crippen LogP contribution in [0.2, 0.25) is 16.8 Å². The molecule has 0 saturated carbocycles. The van der Waals surface area contributed by atoms with Crippen LogP contribution in [0.3, 0.4) is 0 Å². The summed E-state index contributed by atoms with van der Waals surface area (Å²) in [7, 11) is 59.0. The zero-order valence-corrected chi connectivity index (χ0v) is 56.0. The Morgan fingerprint density at radius 2 is 0.342 bits per heavy atom. The Morgan fingerprint density at radius 1 is 0.342 bits per heavy atom. The summed E-state index contributed by atoms with van der Waals surface area (Å²) >= 11 is 4.29. The Balaban J connectivity index is -0.0000000290. The molecule has 0 aromatic carbocycles. The Bertz CT molecular complexity index is 238. The van der Waals surface area contributed by atoms with Crippen molar-refractivity contribution >= 4 is 276 Å². The summed E-state index contributed by atoms with van der Waals surface area (Å²) in [5, 5.41) is 0. The van der Waals surface area contributed by atoms with Crippen LogP contribution in [-0.2, 0) is 0 Å². The minimum absolute atomic E-state index is 0.500. The average molecular weight is 1380 g/mol. The summed E-state index contributed by atoms with van der Waals surface area (Å²) in [6, 6.07) is 0. The first-order valence-electron chi connectivity index (χ1n) is 9.62. The minimum atomic E-state index is -0.743. The second-order valence-electron chi connectivity index (χ2n) is 9.49. The predicted octanol–water partition coefficient (Wildman–Crippen LogP) is 10.4. The van der Waals surface area contributed by atoms with Crippen LogP contribution in [0.25, 0.3) is 0 Å². The van der Waals surface area contributed by atoms with Gasteiger partial charge >= 0.3 is 375 Å². The van der Waals surface area contributed by atoms with Gasteiger partial charge in [-0.3, -0.25) is 0 Å². The van der Waals surface area contributed by atoms with E-state index >= 15 is 0 Å². The standard InChI is InChI=1S/4C4H10As.12ClH.6Ga/c4*1-4(2,3)5;;;;;;;;;;;;;;;;;;/h4*5H,1-3H3;12*1H;;;;;;/q;;;;;;;;;;;;;;;;2*+1;4*+2/p-12. The van der Waals surface area contributed by atoms with Gasteiger partial charge in [-0.2, -0.15) is 0 Å². The summed E-state index contributed by atoms with van der Waals surface area (Å²) in [5.41, 5.74) is 0. The van der Waals surface area contributed by atoms with Gasteiger partial charge in [0.2, 0.25) is 0 Å². The third-order valence-corrected chi connectivity index (χ3v) is 0. The SMILES string of the molecule is CC(C)(C)[AsH].CC(C)(C)[AsH].CC(C)(C)[AsH].CC(C)(C)[AsH].[Cl][Ga-][Cl].[Cl][Ga-][Cl].[Cl][Ga][Cl].[Cl][Ga][Cl].[Cl][Ga][Cl].[Cl][Ga][Cl]. The van der Waals surface area contributed by atoms with Crippen molar-refractivity contribution in [1.82, 2.24) is 0 Å². The van der Waals surface area contributed by atoms with Crippen molar-refractivity contribution < 1.29 is 0 Å². The van der Waals surface area contributed by atoms with Crippen LogP contribution in [0, 0.1) is 0 Å². The molecular weight excluding hydrogens is 1340 g/mol. The van der Waals surface area contributed by atoms with E-state index < -0.39 is 92.4 Å². The van der Waals surface area contributed by atoms with Gasteiger partial charge in [0.05, 0.1) is 0 Å². The molecule has 0 aromatic heterocycles. The monoisotopic (exact) mass is 1370 g/mol. The summed E-state index contributed by atoms with van der Waals surface area (Å²) in [5.74, 6) is 0. The fourth-order valence-corrected chi connectivity index (χ4v) is 0. The Morgan fingerprint density at radius 3 is 0.342 bits per heavy atom. The summed E-state index contributed by atoms with van der Waals surface area (Å²) < 4.78 is 2.00. The Kier molecular flexibility index (Phi) is 119. The molecule has 0 aliphatic carbocycles. The van der Waals surface area contributed by atoms with Crippen LogP contribution < -0.4 is 0 Å². The number of hydrogen-bond donors (Lipinski definition) is 0. The van der Waals surface area contributed by atoms with Gasteiger partial charge in [-0.1, -0.05) is 0 Å².